The Morgan fingerprint density at radius 3 is 2.57 bits per heavy atom. The van der Waals surface area contributed by atoms with Crippen molar-refractivity contribution in [1.82, 2.24) is 4.90 Å². The van der Waals surface area contributed by atoms with Gasteiger partial charge in [0.05, 0.1) is 0 Å². The summed E-state index contributed by atoms with van der Waals surface area (Å²) in [4.78, 5) is 2.51. The molecule has 0 aromatic heterocycles. The molecule has 0 heterocycles. The van der Waals surface area contributed by atoms with Gasteiger partial charge in [-0.3, -0.25) is 4.90 Å². The third kappa shape index (κ3) is 2.87. The van der Waals surface area contributed by atoms with Gasteiger partial charge < -0.3 is 10.9 Å². The summed E-state index contributed by atoms with van der Waals surface area (Å²) in [5.41, 5.74) is 5.46. The van der Waals surface area contributed by atoms with Gasteiger partial charge in [-0.1, -0.05) is 5.16 Å². The molecule has 0 radical (unpaired) electrons. The van der Waals surface area contributed by atoms with E-state index in [2.05, 4.69) is 10.1 Å². The zero-order valence-electron chi connectivity index (χ0n) is 8.52. The van der Waals surface area contributed by atoms with Gasteiger partial charge in [0.25, 0.3) is 0 Å². The molecular weight excluding hydrogens is 178 g/mol. The molecule has 2 aliphatic rings. The quantitative estimate of drug-likeness (QED) is 0.289. The highest BCUT2D eigenvalue weighted by Gasteiger charge is 2.33. The van der Waals surface area contributed by atoms with Crippen LogP contribution in [0.1, 0.15) is 32.1 Å². The van der Waals surface area contributed by atoms with Crippen molar-refractivity contribution in [2.45, 2.75) is 38.1 Å². The molecule has 0 saturated heterocycles. The molecule has 0 amide bonds. The van der Waals surface area contributed by atoms with E-state index in [4.69, 9.17) is 10.9 Å². The standard InChI is InChI=1S/C10H19N3O/c11-10(12-14)5-6-13(9-3-4-9)7-8-1-2-8/h8-9,14H,1-7H2,(H2,11,12). The molecule has 4 heteroatoms. The summed E-state index contributed by atoms with van der Waals surface area (Å²) in [6, 6.07) is 0.794. The molecule has 4 nitrogen and oxygen atoms in total. The second kappa shape index (κ2) is 4.17. The molecule has 3 N–H and O–H groups in total. The van der Waals surface area contributed by atoms with Gasteiger partial charge >= 0.3 is 0 Å². The van der Waals surface area contributed by atoms with E-state index in [0.29, 0.717) is 12.3 Å². The van der Waals surface area contributed by atoms with Crippen molar-refractivity contribution < 1.29 is 5.21 Å². The lowest BCUT2D eigenvalue weighted by Crippen LogP contribution is -2.32. The predicted molar refractivity (Wildman–Crippen MR) is 55.3 cm³/mol. The van der Waals surface area contributed by atoms with Gasteiger partial charge in [0, 0.05) is 25.6 Å². The number of rotatable bonds is 6. The first-order valence-electron chi connectivity index (χ1n) is 5.50. The van der Waals surface area contributed by atoms with Crippen LogP contribution in [-0.4, -0.2) is 35.1 Å². The molecule has 0 bridgehead atoms. The fraction of sp³-hybridized carbons (Fsp3) is 0.900. The Bertz CT molecular complexity index is 221. The molecular formula is C10H19N3O. The molecule has 0 aliphatic heterocycles. The van der Waals surface area contributed by atoms with Gasteiger partial charge in [0.1, 0.15) is 5.84 Å². The van der Waals surface area contributed by atoms with Crippen LogP contribution in [-0.2, 0) is 0 Å². The van der Waals surface area contributed by atoms with Gasteiger partial charge in [-0.2, -0.15) is 0 Å². The lowest BCUT2D eigenvalue weighted by Gasteiger charge is -2.21. The Hall–Kier alpha value is -0.770. The molecule has 0 atom stereocenters. The first-order valence-corrected chi connectivity index (χ1v) is 5.50. The SMILES string of the molecule is NC(CCN(CC1CC1)C1CC1)=NO. The maximum Gasteiger partial charge on any atom is 0.140 e. The first kappa shape index (κ1) is 9.77. The topological polar surface area (TPSA) is 61.8 Å². The van der Waals surface area contributed by atoms with Crippen molar-refractivity contribution in [3.8, 4) is 0 Å². The number of hydrogen-bond donors (Lipinski definition) is 2. The van der Waals surface area contributed by atoms with E-state index in [1.54, 1.807) is 0 Å². The summed E-state index contributed by atoms with van der Waals surface area (Å²) in [5.74, 6) is 1.29. The van der Waals surface area contributed by atoms with E-state index in [9.17, 15) is 0 Å². The summed E-state index contributed by atoms with van der Waals surface area (Å²) < 4.78 is 0. The zero-order valence-corrected chi connectivity index (χ0v) is 8.52. The highest BCUT2D eigenvalue weighted by molar-refractivity contribution is 5.79. The van der Waals surface area contributed by atoms with Gasteiger partial charge in [0.15, 0.2) is 0 Å². The Kier molecular flexibility index (Phi) is 2.91. The van der Waals surface area contributed by atoms with Crippen molar-refractivity contribution in [2.24, 2.45) is 16.8 Å². The average molecular weight is 197 g/mol. The normalized spacial score (nSPS) is 23.1. The van der Waals surface area contributed by atoms with Crippen LogP contribution < -0.4 is 5.73 Å². The average Bonchev–Trinajstić information content (AvgIpc) is 3.02. The van der Waals surface area contributed by atoms with Gasteiger partial charge in [-0.25, -0.2) is 0 Å². The van der Waals surface area contributed by atoms with Crippen molar-refractivity contribution >= 4 is 5.84 Å². The lowest BCUT2D eigenvalue weighted by atomic mass is 10.3. The molecule has 2 aliphatic carbocycles. The van der Waals surface area contributed by atoms with E-state index in [1.807, 2.05) is 0 Å². The second-order valence-corrected chi connectivity index (χ2v) is 4.51. The predicted octanol–water partition coefficient (Wildman–Crippen LogP) is 0.997. The van der Waals surface area contributed by atoms with Crippen molar-refractivity contribution in [3.05, 3.63) is 0 Å². The zero-order chi connectivity index (χ0) is 9.97. The summed E-state index contributed by atoms with van der Waals surface area (Å²) in [6.07, 6.45) is 6.16. The number of oxime groups is 1. The van der Waals surface area contributed by atoms with E-state index >= 15 is 0 Å². The molecule has 0 unspecified atom stereocenters. The van der Waals surface area contributed by atoms with Gasteiger partial charge in [-0.15, -0.1) is 0 Å². The fourth-order valence-electron chi connectivity index (χ4n) is 1.80. The maximum atomic E-state index is 8.44. The third-order valence-electron chi connectivity index (χ3n) is 3.04. The van der Waals surface area contributed by atoms with E-state index in [-0.39, 0.29) is 0 Å². The Labute approximate surface area is 84.8 Å². The van der Waals surface area contributed by atoms with Gasteiger partial charge in [-0.05, 0) is 31.6 Å². The molecule has 80 valence electrons. The third-order valence-corrected chi connectivity index (χ3v) is 3.04. The van der Waals surface area contributed by atoms with Crippen LogP contribution in [0.4, 0.5) is 0 Å². The fourth-order valence-corrected chi connectivity index (χ4v) is 1.80. The monoisotopic (exact) mass is 197 g/mol. The highest BCUT2D eigenvalue weighted by Crippen LogP contribution is 2.34. The lowest BCUT2D eigenvalue weighted by molar-refractivity contribution is 0.257. The minimum absolute atomic E-state index is 0.353. The van der Waals surface area contributed by atoms with Crippen LogP contribution in [0.3, 0.4) is 0 Å². The van der Waals surface area contributed by atoms with Crippen molar-refractivity contribution in [3.63, 3.8) is 0 Å². The molecule has 0 spiro atoms. The van der Waals surface area contributed by atoms with E-state index < -0.39 is 0 Å². The minimum Gasteiger partial charge on any atom is -0.409 e. The van der Waals surface area contributed by atoms with Crippen LogP contribution in [0.25, 0.3) is 0 Å². The number of nitrogens with two attached hydrogens (primary N) is 1. The van der Waals surface area contributed by atoms with Gasteiger partial charge in [0.2, 0.25) is 0 Å². The van der Waals surface area contributed by atoms with Crippen LogP contribution in [0.2, 0.25) is 0 Å². The van der Waals surface area contributed by atoms with Crippen molar-refractivity contribution in [2.75, 3.05) is 13.1 Å². The highest BCUT2D eigenvalue weighted by atomic mass is 16.4. The van der Waals surface area contributed by atoms with E-state index in [0.717, 1.165) is 18.5 Å². The summed E-state index contributed by atoms with van der Waals surface area (Å²) in [5, 5.41) is 11.4. The molecule has 0 aromatic rings. The van der Waals surface area contributed by atoms with Crippen LogP contribution in [0, 0.1) is 5.92 Å². The molecule has 0 aromatic carbocycles. The number of nitrogens with zero attached hydrogens (tertiary/aromatic N) is 2. The summed E-state index contributed by atoms with van der Waals surface area (Å²) >= 11 is 0. The smallest absolute Gasteiger partial charge is 0.140 e. The minimum atomic E-state index is 0.353. The van der Waals surface area contributed by atoms with E-state index in [1.165, 1.54) is 32.2 Å². The number of amidine groups is 1. The largest absolute Gasteiger partial charge is 0.409 e. The van der Waals surface area contributed by atoms with Crippen molar-refractivity contribution in [1.29, 1.82) is 0 Å². The Balaban J connectivity index is 1.72. The molecule has 2 rings (SSSR count). The van der Waals surface area contributed by atoms with Crippen LogP contribution in [0.15, 0.2) is 5.16 Å². The van der Waals surface area contributed by atoms with Crippen LogP contribution in [0.5, 0.6) is 0 Å². The number of hydrogen-bond acceptors (Lipinski definition) is 3. The summed E-state index contributed by atoms with van der Waals surface area (Å²) in [6.45, 7) is 2.18. The Morgan fingerprint density at radius 2 is 2.07 bits per heavy atom. The second-order valence-electron chi connectivity index (χ2n) is 4.51. The maximum absolute atomic E-state index is 8.44. The molecule has 2 saturated carbocycles. The molecule has 2 fully saturated rings. The summed E-state index contributed by atoms with van der Waals surface area (Å²) in [7, 11) is 0. The Morgan fingerprint density at radius 1 is 1.36 bits per heavy atom. The molecule has 14 heavy (non-hydrogen) atoms. The first-order chi connectivity index (χ1) is 6.79. The van der Waals surface area contributed by atoms with Crippen LogP contribution >= 0.6 is 0 Å².